The summed E-state index contributed by atoms with van der Waals surface area (Å²) in [5.41, 5.74) is -0.592. The number of Topliss-reactive ketones (excluding diaryl/α,β-unsaturated/α-hetero) is 2. The largest absolute Gasteiger partial charge is 0.480 e. The number of aliphatic carboxylic acids is 2. The Kier molecular flexibility index (Phi) is 9.51. The number of rotatable bonds is 12. The van der Waals surface area contributed by atoms with Crippen molar-refractivity contribution in [3.8, 4) is 0 Å². The summed E-state index contributed by atoms with van der Waals surface area (Å²) in [4.78, 5) is 48.9. The Morgan fingerprint density at radius 2 is 1.20 bits per heavy atom. The van der Waals surface area contributed by atoms with Gasteiger partial charge < -0.3 is 10.2 Å². The Bertz CT molecular complexity index is 496. The summed E-state index contributed by atoms with van der Waals surface area (Å²) in [5.74, 6) is -2.53. The van der Waals surface area contributed by atoms with Crippen molar-refractivity contribution in [3.63, 3.8) is 0 Å². The molecular weight excluding hydrogens is 328 g/mol. The Hall–Kier alpha value is -1.80. The van der Waals surface area contributed by atoms with E-state index in [0.717, 1.165) is 0 Å². The molecule has 8 heteroatoms. The maximum absolute atomic E-state index is 12.1. The van der Waals surface area contributed by atoms with Crippen LogP contribution in [0, 0.1) is 11.3 Å². The first-order valence-electron chi connectivity index (χ1n) is 8.27. The van der Waals surface area contributed by atoms with Crippen molar-refractivity contribution in [2.45, 2.75) is 34.6 Å². The molecule has 0 aromatic rings. The topological polar surface area (TPSA) is 115 Å². The molecule has 0 aliphatic rings. The first-order chi connectivity index (χ1) is 11.3. The SMILES string of the molecule is CC(C)C(=O)CN(CCN(CC(=O)O)CC(=O)C(C)(C)C)CC(=O)O. The highest BCUT2D eigenvalue weighted by atomic mass is 16.4. The predicted octanol–water partition coefficient (Wildman–Crippen LogP) is 0.600. The van der Waals surface area contributed by atoms with E-state index in [0.29, 0.717) is 0 Å². The number of carbonyl (C=O) groups is 4. The van der Waals surface area contributed by atoms with Gasteiger partial charge in [0.1, 0.15) is 5.78 Å². The third-order valence-corrected chi connectivity index (χ3v) is 3.68. The van der Waals surface area contributed by atoms with Gasteiger partial charge in [0.05, 0.1) is 26.2 Å². The highest BCUT2D eigenvalue weighted by Gasteiger charge is 2.25. The third-order valence-electron chi connectivity index (χ3n) is 3.68. The number of carboxylic acids is 2. The van der Waals surface area contributed by atoms with Crippen molar-refractivity contribution in [2.24, 2.45) is 11.3 Å². The van der Waals surface area contributed by atoms with E-state index in [2.05, 4.69) is 0 Å². The number of ketones is 2. The first kappa shape index (κ1) is 23.2. The fraction of sp³-hybridized carbons (Fsp3) is 0.765. The van der Waals surface area contributed by atoms with E-state index in [-0.39, 0.29) is 56.8 Å². The van der Waals surface area contributed by atoms with Crippen LogP contribution in [0.5, 0.6) is 0 Å². The summed E-state index contributed by atoms with van der Waals surface area (Å²) in [6.45, 7) is 8.44. The van der Waals surface area contributed by atoms with Gasteiger partial charge in [0, 0.05) is 24.4 Å². The van der Waals surface area contributed by atoms with Gasteiger partial charge in [0.2, 0.25) is 0 Å². The molecule has 0 bridgehead atoms. The molecule has 0 amide bonds. The summed E-state index contributed by atoms with van der Waals surface area (Å²) < 4.78 is 0. The molecule has 8 nitrogen and oxygen atoms in total. The number of carboxylic acid groups (broad SMARTS) is 2. The molecule has 0 aromatic carbocycles. The van der Waals surface area contributed by atoms with Gasteiger partial charge in [-0.1, -0.05) is 34.6 Å². The van der Waals surface area contributed by atoms with E-state index in [1.54, 1.807) is 34.6 Å². The average molecular weight is 358 g/mol. The van der Waals surface area contributed by atoms with Crippen LogP contribution in [0.2, 0.25) is 0 Å². The van der Waals surface area contributed by atoms with Crippen LogP contribution in [0.1, 0.15) is 34.6 Å². The summed E-state index contributed by atoms with van der Waals surface area (Å²) in [6, 6.07) is 0. The normalized spacial score (nSPS) is 12.0. The van der Waals surface area contributed by atoms with E-state index < -0.39 is 17.4 Å². The van der Waals surface area contributed by atoms with Crippen molar-refractivity contribution in [3.05, 3.63) is 0 Å². The molecule has 0 rings (SSSR count). The molecule has 0 heterocycles. The molecule has 0 atom stereocenters. The Morgan fingerprint density at radius 3 is 1.52 bits per heavy atom. The van der Waals surface area contributed by atoms with E-state index >= 15 is 0 Å². The Labute approximate surface area is 148 Å². The van der Waals surface area contributed by atoms with E-state index in [1.165, 1.54) is 9.80 Å². The minimum atomic E-state index is -1.07. The molecule has 0 saturated heterocycles. The standard InChI is InChI=1S/C17H30N2O6/c1-12(2)13(20)8-18(10-15(22)23)6-7-19(11-16(24)25)9-14(21)17(3,4)5/h12H,6-11H2,1-5H3,(H,22,23)(H,24,25). The van der Waals surface area contributed by atoms with Crippen LogP contribution in [0.4, 0.5) is 0 Å². The zero-order chi connectivity index (χ0) is 19.8. The zero-order valence-electron chi connectivity index (χ0n) is 15.7. The highest BCUT2D eigenvalue weighted by molar-refractivity contribution is 5.86. The molecule has 0 unspecified atom stereocenters. The molecule has 0 aliphatic heterocycles. The maximum atomic E-state index is 12.1. The Morgan fingerprint density at radius 1 is 0.800 bits per heavy atom. The van der Waals surface area contributed by atoms with Crippen LogP contribution in [0.15, 0.2) is 0 Å². The molecule has 144 valence electrons. The van der Waals surface area contributed by atoms with Crippen LogP contribution in [-0.2, 0) is 19.2 Å². The Balaban J connectivity index is 4.92. The molecule has 25 heavy (non-hydrogen) atoms. The second-order valence-corrected chi connectivity index (χ2v) is 7.50. The second kappa shape index (κ2) is 10.2. The van der Waals surface area contributed by atoms with Crippen molar-refractivity contribution >= 4 is 23.5 Å². The zero-order valence-corrected chi connectivity index (χ0v) is 15.7. The van der Waals surface area contributed by atoms with Crippen LogP contribution >= 0.6 is 0 Å². The molecular formula is C17H30N2O6. The highest BCUT2D eigenvalue weighted by Crippen LogP contribution is 2.15. The molecule has 0 fully saturated rings. The lowest BCUT2D eigenvalue weighted by atomic mass is 9.90. The van der Waals surface area contributed by atoms with Gasteiger partial charge in [-0.2, -0.15) is 0 Å². The number of hydrogen-bond acceptors (Lipinski definition) is 6. The fourth-order valence-corrected chi connectivity index (χ4v) is 1.94. The minimum Gasteiger partial charge on any atom is -0.480 e. The van der Waals surface area contributed by atoms with Gasteiger partial charge >= 0.3 is 11.9 Å². The molecule has 0 saturated carbocycles. The van der Waals surface area contributed by atoms with Crippen LogP contribution in [0.3, 0.4) is 0 Å². The lowest BCUT2D eigenvalue weighted by molar-refractivity contribution is -0.141. The van der Waals surface area contributed by atoms with Crippen LogP contribution in [-0.4, -0.2) is 82.8 Å². The van der Waals surface area contributed by atoms with Gasteiger partial charge in [-0.05, 0) is 0 Å². The van der Waals surface area contributed by atoms with E-state index in [9.17, 15) is 19.2 Å². The molecule has 0 aromatic heterocycles. The average Bonchev–Trinajstić information content (AvgIpc) is 2.41. The number of carbonyl (C=O) groups excluding carboxylic acids is 2. The first-order valence-corrected chi connectivity index (χ1v) is 8.27. The molecule has 2 N–H and O–H groups in total. The molecule has 0 aliphatic carbocycles. The summed E-state index contributed by atoms with van der Waals surface area (Å²) >= 11 is 0. The van der Waals surface area contributed by atoms with Gasteiger partial charge in [-0.15, -0.1) is 0 Å². The van der Waals surface area contributed by atoms with Crippen molar-refractivity contribution in [1.29, 1.82) is 0 Å². The molecule has 0 radical (unpaired) electrons. The van der Waals surface area contributed by atoms with Gasteiger partial charge in [0.25, 0.3) is 0 Å². The fourth-order valence-electron chi connectivity index (χ4n) is 1.94. The monoisotopic (exact) mass is 358 g/mol. The van der Waals surface area contributed by atoms with E-state index in [1.807, 2.05) is 0 Å². The van der Waals surface area contributed by atoms with Crippen molar-refractivity contribution in [1.82, 2.24) is 9.80 Å². The summed E-state index contributed by atoms with van der Waals surface area (Å²) in [5, 5.41) is 18.0. The van der Waals surface area contributed by atoms with Crippen molar-refractivity contribution in [2.75, 3.05) is 39.3 Å². The number of hydrogen-bond donors (Lipinski definition) is 2. The molecule has 0 spiro atoms. The third kappa shape index (κ3) is 10.6. The smallest absolute Gasteiger partial charge is 0.317 e. The van der Waals surface area contributed by atoms with Gasteiger partial charge in [-0.25, -0.2) is 0 Å². The lowest BCUT2D eigenvalue weighted by Crippen LogP contribution is -2.45. The number of nitrogens with zero attached hydrogens (tertiary/aromatic N) is 2. The minimum absolute atomic E-state index is 0.0158. The lowest BCUT2D eigenvalue weighted by Gasteiger charge is -2.27. The quantitative estimate of drug-likeness (QED) is 0.521. The van der Waals surface area contributed by atoms with Crippen molar-refractivity contribution < 1.29 is 29.4 Å². The second-order valence-electron chi connectivity index (χ2n) is 7.50. The van der Waals surface area contributed by atoms with Crippen LogP contribution < -0.4 is 0 Å². The van der Waals surface area contributed by atoms with Gasteiger partial charge in [0.15, 0.2) is 5.78 Å². The van der Waals surface area contributed by atoms with Gasteiger partial charge in [-0.3, -0.25) is 29.0 Å². The summed E-state index contributed by atoms with van der Waals surface area (Å²) in [7, 11) is 0. The predicted molar refractivity (Wildman–Crippen MR) is 92.5 cm³/mol. The summed E-state index contributed by atoms with van der Waals surface area (Å²) in [6.07, 6.45) is 0. The van der Waals surface area contributed by atoms with E-state index in [4.69, 9.17) is 10.2 Å². The maximum Gasteiger partial charge on any atom is 0.317 e. The van der Waals surface area contributed by atoms with Crippen LogP contribution in [0.25, 0.3) is 0 Å².